The van der Waals surface area contributed by atoms with Gasteiger partial charge >= 0.3 is 11.1 Å². The normalized spacial score (nSPS) is 12.0. The van der Waals surface area contributed by atoms with Crippen molar-refractivity contribution in [3.8, 4) is 0 Å². The number of rotatable bonds is 7. The predicted molar refractivity (Wildman–Crippen MR) is 118 cm³/mol. The van der Waals surface area contributed by atoms with Crippen molar-refractivity contribution >= 4 is 16.9 Å². The minimum Gasteiger partial charge on any atom is -0.469 e. The van der Waals surface area contributed by atoms with Crippen LogP contribution < -0.4 is 16.4 Å². The van der Waals surface area contributed by atoms with Gasteiger partial charge in [-0.3, -0.25) is 23.5 Å². The number of carbonyl (C=O) groups is 1. The molecule has 2 aromatic heterocycles. The Morgan fingerprint density at radius 1 is 0.903 bits per heavy atom. The maximum absolute atomic E-state index is 12.9. The zero-order chi connectivity index (χ0) is 21.8. The van der Waals surface area contributed by atoms with Crippen LogP contribution in [0.4, 0.5) is 0 Å². The average molecular weight is 417 g/mol. The number of amides is 1. The van der Waals surface area contributed by atoms with Gasteiger partial charge in [0, 0.05) is 12.5 Å². The summed E-state index contributed by atoms with van der Waals surface area (Å²) in [7, 11) is 0. The molecule has 1 N–H and O–H groups in total. The van der Waals surface area contributed by atoms with E-state index in [9.17, 15) is 14.4 Å². The maximum Gasteiger partial charge on any atom is 0.317 e. The Morgan fingerprint density at radius 2 is 1.55 bits per heavy atom. The molecule has 0 bridgehead atoms. The monoisotopic (exact) mass is 417 g/mol. The molecule has 158 valence electrons. The smallest absolute Gasteiger partial charge is 0.317 e. The summed E-state index contributed by atoms with van der Waals surface area (Å²) < 4.78 is 8.01. The molecule has 7 nitrogen and oxygen atoms in total. The van der Waals surface area contributed by atoms with E-state index < -0.39 is 11.1 Å². The zero-order valence-electron chi connectivity index (χ0n) is 17.2. The molecule has 31 heavy (non-hydrogen) atoms. The summed E-state index contributed by atoms with van der Waals surface area (Å²) >= 11 is 0. The second kappa shape index (κ2) is 8.87. The molecule has 0 spiro atoms. The standard InChI is InChI=1S/C24H23N3O4/c1-17(14-19-10-7-13-31-19)25-22(28)16-27-21-12-6-5-11-20(21)26(23(29)24(27)30)15-18-8-3-2-4-9-18/h2-13,17H,14-16H2,1H3,(H,25,28)/t17-/m0/s1. The first kappa shape index (κ1) is 20.4. The molecule has 4 rings (SSSR count). The molecule has 1 amide bonds. The van der Waals surface area contributed by atoms with Crippen molar-refractivity contribution in [2.24, 2.45) is 0 Å². The number of hydrogen-bond acceptors (Lipinski definition) is 4. The number of para-hydroxylation sites is 2. The van der Waals surface area contributed by atoms with Gasteiger partial charge in [0.05, 0.1) is 23.8 Å². The van der Waals surface area contributed by atoms with Gasteiger partial charge < -0.3 is 9.73 Å². The molecule has 0 aliphatic heterocycles. The molecule has 0 unspecified atom stereocenters. The van der Waals surface area contributed by atoms with Crippen LogP contribution in [0.5, 0.6) is 0 Å². The lowest BCUT2D eigenvalue weighted by Gasteiger charge is -2.17. The fourth-order valence-corrected chi connectivity index (χ4v) is 3.70. The molecule has 4 aromatic rings. The Kier molecular flexibility index (Phi) is 5.84. The number of aromatic nitrogens is 2. The van der Waals surface area contributed by atoms with Gasteiger partial charge in [-0.15, -0.1) is 0 Å². The predicted octanol–water partition coefficient (Wildman–Crippen LogP) is 2.55. The van der Waals surface area contributed by atoms with Gasteiger partial charge in [0.2, 0.25) is 5.91 Å². The fraction of sp³-hybridized carbons (Fsp3) is 0.208. The van der Waals surface area contributed by atoms with E-state index in [1.54, 1.807) is 30.5 Å². The van der Waals surface area contributed by atoms with Crippen LogP contribution in [-0.2, 0) is 24.3 Å². The van der Waals surface area contributed by atoms with Gasteiger partial charge in [-0.2, -0.15) is 0 Å². The van der Waals surface area contributed by atoms with E-state index in [1.165, 1.54) is 9.13 Å². The van der Waals surface area contributed by atoms with Crippen molar-refractivity contribution in [2.45, 2.75) is 32.5 Å². The van der Waals surface area contributed by atoms with Gasteiger partial charge in [0.25, 0.3) is 0 Å². The highest BCUT2D eigenvalue weighted by atomic mass is 16.3. The van der Waals surface area contributed by atoms with Crippen LogP contribution in [0.3, 0.4) is 0 Å². The summed E-state index contributed by atoms with van der Waals surface area (Å²) in [5.41, 5.74) is 0.683. The Hall–Kier alpha value is -3.87. The second-order valence-electron chi connectivity index (χ2n) is 7.51. The number of benzene rings is 2. The lowest BCUT2D eigenvalue weighted by Crippen LogP contribution is -2.45. The quantitative estimate of drug-likeness (QED) is 0.468. The minimum absolute atomic E-state index is 0.181. The van der Waals surface area contributed by atoms with E-state index in [-0.39, 0.29) is 25.0 Å². The number of fused-ring (bicyclic) bond motifs is 1. The molecule has 0 radical (unpaired) electrons. The van der Waals surface area contributed by atoms with Crippen LogP contribution >= 0.6 is 0 Å². The van der Waals surface area contributed by atoms with Crippen LogP contribution in [0, 0.1) is 0 Å². The van der Waals surface area contributed by atoms with Crippen LogP contribution in [0.25, 0.3) is 11.0 Å². The van der Waals surface area contributed by atoms with Crippen molar-refractivity contribution in [2.75, 3.05) is 0 Å². The van der Waals surface area contributed by atoms with Crippen LogP contribution in [0.1, 0.15) is 18.2 Å². The summed E-state index contributed by atoms with van der Waals surface area (Å²) in [6, 6.07) is 20.1. The highest BCUT2D eigenvalue weighted by molar-refractivity contribution is 5.80. The van der Waals surface area contributed by atoms with E-state index >= 15 is 0 Å². The first-order valence-corrected chi connectivity index (χ1v) is 10.1. The van der Waals surface area contributed by atoms with E-state index in [4.69, 9.17) is 4.42 Å². The molecule has 1 atom stereocenters. The zero-order valence-corrected chi connectivity index (χ0v) is 17.2. The topological polar surface area (TPSA) is 86.2 Å². The third-order valence-electron chi connectivity index (χ3n) is 5.12. The molecule has 0 aliphatic carbocycles. The molecule has 0 aliphatic rings. The molecular formula is C24H23N3O4. The van der Waals surface area contributed by atoms with Crippen LogP contribution in [0.2, 0.25) is 0 Å². The number of furan rings is 1. The summed E-state index contributed by atoms with van der Waals surface area (Å²) in [6.07, 6.45) is 2.12. The Labute approximate surface area is 178 Å². The van der Waals surface area contributed by atoms with Crippen molar-refractivity contribution in [1.82, 2.24) is 14.5 Å². The van der Waals surface area contributed by atoms with Crippen molar-refractivity contribution in [3.63, 3.8) is 0 Å². The van der Waals surface area contributed by atoms with Crippen LogP contribution in [-0.4, -0.2) is 21.1 Å². The van der Waals surface area contributed by atoms with Gasteiger partial charge in [-0.25, -0.2) is 0 Å². The molecule has 7 heteroatoms. The van der Waals surface area contributed by atoms with Gasteiger partial charge in [-0.1, -0.05) is 42.5 Å². The second-order valence-corrected chi connectivity index (χ2v) is 7.51. The number of nitrogens with one attached hydrogen (secondary N) is 1. The van der Waals surface area contributed by atoms with E-state index in [2.05, 4.69) is 5.32 Å². The van der Waals surface area contributed by atoms with E-state index in [0.717, 1.165) is 11.3 Å². The molecule has 2 heterocycles. The fourth-order valence-electron chi connectivity index (χ4n) is 3.70. The molecule has 0 saturated carbocycles. The Morgan fingerprint density at radius 3 is 2.23 bits per heavy atom. The van der Waals surface area contributed by atoms with Gasteiger partial charge in [0.1, 0.15) is 12.3 Å². The molecule has 0 saturated heterocycles. The van der Waals surface area contributed by atoms with Crippen molar-refractivity contribution in [1.29, 1.82) is 0 Å². The lowest BCUT2D eigenvalue weighted by atomic mass is 10.2. The summed E-state index contributed by atoms with van der Waals surface area (Å²) in [4.78, 5) is 38.4. The van der Waals surface area contributed by atoms with E-state index in [1.807, 2.05) is 49.4 Å². The molecule has 2 aromatic carbocycles. The van der Waals surface area contributed by atoms with Gasteiger partial charge in [0.15, 0.2) is 0 Å². The minimum atomic E-state index is -0.719. The molecular weight excluding hydrogens is 394 g/mol. The largest absolute Gasteiger partial charge is 0.469 e. The van der Waals surface area contributed by atoms with E-state index in [0.29, 0.717) is 17.5 Å². The maximum atomic E-state index is 12.9. The summed E-state index contributed by atoms with van der Waals surface area (Å²) in [6.45, 7) is 1.91. The third kappa shape index (κ3) is 4.50. The first-order chi connectivity index (χ1) is 15.0. The molecule has 0 fully saturated rings. The van der Waals surface area contributed by atoms with Gasteiger partial charge in [-0.05, 0) is 36.8 Å². The summed E-state index contributed by atoms with van der Waals surface area (Å²) in [5.74, 6) is 0.422. The summed E-state index contributed by atoms with van der Waals surface area (Å²) in [5, 5.41) is 2.86. The number of carbonyl (C=O) groups excluding carboxylic acids is 1. The third-order valence-corrected chi connectivity index (χ3v) is 5.12. The number of hydrogen-bond donors (Lipinski definition) is 1. The van der Waals surface area contributed by atoms with Crippen LogP contribution in [0.15, 0.2) is 87.0 Å². The highest BCUT2D eigenvalue weighted by Crippen LogP contribution is 2.12. The van der Waals surface area contributed by atoms with Crippen molar-refractivity contribution in [3.05, 3.63) is 105 Å². The average Bonchev–Trinajstić information content (AvgIpc) is 3.28. The first-order valence-electron chi connectivity index (χ1n) is 10.1. The highest BCUT2D eigenvalue weighted by Gasteiger charge is 2.17. The Bertz CT molecular complexity index is 1300. The Balaban J connectivity index is 1.63. The van der Waals surface area contributed by atoms with Crippen molar-refractivity contribution < 1.29 is 9.21 Å². The lowest BCUT2D eigenvalue weighted by molar-refractivity contribution is -0.122. The number of nitrogens with zero attached hydrogens (tertiary/aromatic N) is 2. The SMILES string of the molecule is C[C@@H](Cc1ccco1)NC(=O)Cn1c(=O)c(=O)n(Cc2ccccc2)c2ccccc21.